The molecule has 0 aromatic rings. The Morgan fingerprint density at radius 1 is 0.450 bits per heavy atom. The molecule has 0 fully saturated rings. The summed E-state index contributed by atoms with van der Waals surface area (Å²) in [7, 11) is 1.19. The molecule has 358 valence electrons. The fourth-order valence-corrected chi connectivity index (χ4v) is 8.33. The van der Waals surface area contributed by atoms with Crippen molar-refractivity contribution in [2.75, 3.05) is 47.5 Å². The maximum absolute atomic E-state index is 12.7. The average Bonchev–Trinajstić information content (AvgIpc) is 3.20. The summed E-state index contributed by atoms with van der Waals surface area (Å²) in [4.78, 5) is 37.7. The van der Waals surface area contributed by atoms with Crippen LogP contribution in [-0.4, -0.2) is 70.0 Å². The van der Waals surface area contributed by atoms with Crippen LogP contribution in [-0.2, 0) is 32.7 Å². The molecule has 0 aromatic heterocycles. The molecule has 0 saturated heterocycles. The summed E-state index contributed by atoms with van der Waals surface area (Å²) in [6.45, 7) is 4.29. The number of phosphoric ester groups is 1. The van der Waals surface area contributed by atoms with E-state index < -0.39 is 26.5 Å². The number of quaternary nitrogens is 1. The van der Waals surface area contributed by atoms with Gasteiger partial charge in [-0.25, -0.2) is 0 Å². The van der Waals surface area contributed by atoms with E-state index in [4.69, 9.17) is 18.5 Å². The molecule has 0 aliphatic heterocycles. The molecule has 0 rings (SSSR count). The Morgan fingerprint density at radius 3 is 1.07 bits per heavy atom. The molecule has 0 spiro atoms. The summed E-state index contributed by atoms with van der Waals surface area (Å²) >= 11 is 0. The third kappa shape index (κ3) is 46.5. The van der Waals surface area contributed by atoms with Gasteiger partial charge in [-0.2, -0.15) is 0 Å². The number of hydrogen-bond acceptors (Lipinski definition) is 8. The molecular weight excluding hydrogens is 774 g/mol. The summed E-state index contributed by atoms with van der Waals surface area (Å²) in [6, 6.07) is 0. The maximum Gasteiger partial charge on any atom is 0.306 e. The van der Waals surface area contributed by atoms with Crippen LogP contribution in [0.4, 0.5) is 0 Å². The van der Waals surface area contributed by atoms with Crippen molar-refractivity contribution in [3.05, 3.63) is 0 Å². The highest BCUT2D eigenvalue weighted by molar-refractivity contribution is 7.45. The number of likely N-dealkylation sites (N-methyl/N-ethyl adjacent to an activating group) is 1. The number of nitrogens with zero attached hydrogens (tertiary/aromatic N) is 1. The molecule has 0 saturated carbocycles. The molecule has 1 unspecified atom stereocenters. The normalized spacial score (nSPS) is 13.4. The second-order valence-corrected chi connectivity index (χ2v) is 20.3. The van der Waals surface area contributed by atoms with Crippen LogP contribution < -0.4 is 4.89 Å². The molecule has 0 aliphatic rings. The molecular formula is C50H100NO8P. The summed E-state index contributed by atoms with van der Waals surface area (Å²) in [6.07, 6.45) is 45.6. The lowest BCUT2D eigenvalue weighted by Crippen LogP contribution is -2.37. The molecule has 9 nitrogen and oxygen atoms in total. The number of rotatable bonds is 48. The number of carbonyl (C=O) groups excluding carboxylic acids is 2. The van der Waals surface area contributed by atoms with Crippen LogP contribution >= 0.6 is 7.82 Å². The molecule has 0 aliphatic carbocycles. The van der Waals surface area contributed by atoms with E-state index in [0.29, 0.717) is 17.4 Å². The van der Waals surface area contributed by atoms with Crippen molar-refractivity contribution in [3.8, 4) is 0 Å². The van der Waals surface area contributed by atoms with E-state index in [1.165, 1.54) is 193 Å². The number of ether oxygens (including phenoxy) is 2. The van der Waals surface area contributed by atoms with Gasteiger partial charge in [-0.1, -0.05) is 232 Å². The van der Waals surface area contributed by atoms with Crippen LogP contribution in [0.1, 0.15) is 258 Å². The Kier molecular flexibility index (Phi) is 42.6. The van der Waals surface area contributed by atoms with E-state index >= 15 is 0 Å². The first-order valence-corrected chi connectivity index (χ1v) is 27.2. The number of phosphoric acid groups is 1. The molecule has 0 heterocycles. The van der Waals surface area contributed by atoms with Gasteiger partial charge in [0.15, 0.2) is 6.10 Å². The van der Waals surface area contributed by atoms with Crippen molar-refractivity contribution in [2.24, 2.45) is 0 Å². The van der Waals surface area contributed by atoms with Crippen molar-refractivity contribution in [2.45, 2.75) is 264 Å². The molecule has 10 heteroatoms. The minimum atomic E-state index is -4.62. The largest absolute Gasteiger partial charge is 0.756 e. The first kappa shape index (κ1) is 59.0. The number of hydrogen-bond donors (Lipinski definition) is 0. The molecule has 0 radical (unpaired) electrons. The van der Waals surface area contributed by atoms with Gasteiger partial charge in [-0.3, -0.25) is 14.2 Å². The number of carbonyl (C=O) groups is 2. The zero-order valence-electron chi connectivity index (χ0n) is 40.4. The highest BCUT2D eigenvalue weighted by Crippen LogP contribution is 2.38. The van der Waals surface area contributed by atoms with Crippen molar-refractivity contribution >= 4 is 19.8 Å². The maximum atomic E-state index is 12.7. The van der Waals surface area contributed by atoms with Crippen molar-refractivity contribution < 1.29 is 42.1 Å². The third-order valence-electron chi connectivity index (χ3n) is 11.6. The van der Waals surface area contributed by atoms with Crippen LogP contribution in [0.25, 0.3) is 0 Å². The van der Waals surface area contributed by atoms with Gasteiger partial charge in [0.2, 0.25) is 0 Å². The first-order valence-electron chi connectivity index (χ1n) is 25.7. The molecule has 0 N–H and O–H groups in total. The van der Waals surface area contributed by atoms with E-state index in [2.05, 4.69) is 13.8 Å². The predicted octanol–water partition coefficient (Wildman–Crippen LogP) is 14.5. The second-order valence-electron chi connectivity index (χ2n) is 18.9. The van der Waals surface area contributed by atoms with Gasteiger partial charge in [0.25, 0.3) is 7.82 Å². The smallest absolute Gasteiger partial charge is 0.306 e. The SMILES string of the molecule is CCCCCCCCCCCCCCCCCCCCCCCCC(=O)O[C@H](COC(=O)CCCCCCCCCCCCCCCC)COP(=O)([O-])OCC[N+](C)(C)C. The molecule has 0 aromatic carbocycles. The Balaban J connectivity index is 4.17. The molecule has 60 heavy (non-hydrogen) atoms. The number of esters is 2. The topological polar surface area (TPSA) is 111 Å². The van der Waals surface area contributed by atoms with E-state index in [9.17, 15) is 19.0 Å². The minimum absolute atomic E-state index is 0.0254. The van der Waals surface area contributed by atoms with Gasteiger partial charge in [-0.05, 0) is 12.8 Å². The predicted molar refractivity (Wildman–Crippen MR) is 250 cm³/mol. The van der Waals surface area contributed by atoms with Crippen molar-refractivity contribution in [3.63, 3.8) is 0 Å². The van der Waals surface area contributed by atoms with Crippen LogP contribution in [0.2, 0.25) is 0 Å². The lowest BCUT2D eigenvalue weighted by Gasteiger charge is -2.28. The summed E-state index contributed by atoms with van der Waals surface area (Å²) < 4.78 is 34.0. The van der Waals surface area contributed by atoms with Crippen LogP contribution in [0.15, 0.2) is 0 Å². The highest BCUT2D eigenvalue weighted by Gasteiger charge is 2.21. The highest BCUT2D eigenvalue weighted by atomic mass is 31.2. The summed E-state index contributed by atoms with van der Waals surface area (Å²) in [5.74, 6) is -0.814. The monoisotopic (exact) mass is 874 g/mol. The Morgan fingerprint density at radius 2 is 0.750 bits per heavy atom. The van der Waals surface area contributed by atoms with E-state index in [1.54, 1.807) is 0 Å². The fourth-order valence-electron chi connectivity index (χ4n) is 7.60. The standard InChI is InChI=1S/C50H100NO8P/c1-6-8-10-12-14-16-18-20-22-23-24-25-26-27-28-29-31-33-35-37-39-41-43-50(53)59-48(47-58-60(54,55)57-45-44-51(3,4)5)46-56-49(52)42-40-38-36-34-32-30-21-19-17-15-13-11-9-7-2/h48H,6-47H2,1-5H3/t48-/m1/s1. The van der Waals surface area contributed by atoms with E-state index in [1.807, 2.05) is 21.1 Å². The van der Waals surface area contributed by atoms with Crippen LogP contribution in [0, 0.1) is 0 Å². The lowest BCUT2D eigenvalue weighted by molar-refractivity contribution is -0.870. The molecule has 0 amide bonds. The van der Waals surface area contributed by atoms with Crippen molar-refractivity contribution in [1.82, 2.24) is 0 Å². The fraction of sp³-hybridized carbons (Fsp3) is 0.960. The Labute approximate surface area is 372 Å². The molecule has 2 atom stereocenters. The van der Waals surface area contributed by atoms with E-state index in [0.717, 1.165) is 32.1 Å². The lowest BCUT2D eigenvalue weighted by atomic mass is 10.0. The van der Waals surface area contributed by atoms with Gasteiger partial charge in [0, 0.05) is 12.8 Å². The quantitative estimate of drug-likeness (QED) is 0.0257. The van der Waals surface area contributed by atoms with Gasteiger partial charge in [-0.15, -0.1) is 0 Å². The molecule has 0 bridgehead atoms. The third-order valence-corrected chi connectivity index (χ3v) is 12.6. The zero-order chi connectivity index (χ0) is 44.3. The van der Waals surface area contributed by atoms with Crippen LogP contribution in [0.3, 0.4) is 0 Å². The first-order chi connectivity index (χ1) is 29.0. The van der Waals surface area contributed by atoms with Gasteiger partial charge in [0.05, 0.1) is 27.7 Å². The van der Waals surface area contributed by atoms with E-state index in [-0.39, 0.29) is 32.0 Å². The minimum Gasteiger partial charge on any atom is -0.756 e. The Hall–Kier alpha value is -0.990. The summed E-state index contributed by atoms with van der Waals surface area (Å²) in [5.41, 5.74) is 0. The van der Waals surface area contributed by atoms with Gasteiger partial charge in [0.1, 0.15) is 19.8 Å². The summed E-state index contributed by atoms with van der Waals surface area (Å²) in [5, 5.41) is 0. The zero-order valence-corrected chi connectivity index (χ0v) is 41.3. The second kappa shape index (κ2) is 43.3. The number of unbranched alkanes of at least 4 members (excludes halogenated alkanes) is 34. The van der Waals surface area contributed by atoms with Crippen LogP contribution in [0.5, 0.6) is 0 Å². The Bertz CT molecular complexity index is 990. The van der Waals surface area contributed by atoms with Gasteiger partial charge >= 0.3 is 11.9 Å². The average molecular weight is 874 g/mol. The van der Waals surface area contributed by atoms with Gasteiger partial charge < -0.3 is 27.9 Å². The van der Waals surface area contributed by atoms with Crippen molar-refractivity contribution in [1.29, 1.82) is 0 Å².